The minimum atomic E-state index is -1.82. The first kappa shape index (κ1) is 24.3. The minimum Gasteiger partial charge on any atom is -0.508 e. The number of aliphatic hydroxyl groups excluding tert-OH is 2. The maximum Gasteiger partial charge on any atom is 0.414 e. The molecule has 0 aliphatic heterocycles. The summed E-state index contributed by atoms with van der Waals surface area (Å²) in [6.45, 7) is 4.77. The van der Waals surface area contributed by atoms with Crippen LogP contribution in [0.3, 0.4) is 0 Å². The smallest absolute Gasteiger partial charge is 0.414 e. The largest absolute Gasteiger partial charge is 0.508 e. The fourth-order valence-corrected chi connectivity index (χ4v) is 1.77. The summed E-state index contributed by atoms with van der Waals surface area (Å²) in [5.74, 6) is -3.67. The molecule has 1 aromatic rings. The highest BCUT2D eigenvalue weighted by atomic mass is 16.4. The van der Waals surface area contributed by atoms with Crippen LogP contribution in [0.1, 0.15) is 31.1 Å². The Balaban J connectivity index is 0.000000972. The van der Waals surface area contributed by atoms with Gasteiger partial charge in [-0.05, 0) is 17.7 Å². The molecule has 10 heteroatoms. The molecule has 1 rings (SSSR count). The number of carbonyl (C=O) groups is 3. The van der Waals surface area contributed by atoms with Crippen LogP contribution in [0.4, 0.5) is 0 Å². The zero-order chi connectivity index (χ0) is 21.0. The number of benzene rings is 1. The van der Waals surface area contributed by atoms with Gasteiger partial charge in [-0.15, -0.1) is 0 Å². The fourth-order valence-electron chi connectivity index (χ4n) is 1.77. The summed E-state index contributed by atoms with van der Waals surface area (Å²) in [5, 5.41) is 49.1. The van der Waals surface area contributed by atoms with Crippen molar-refractivity contribution in [3.05, 3.63) is 29.3 Å². The van der Waals surface area contributed by atoms with E-state index in [-0.39, 0.29) is 24.2 Å². The minimum absolute atomic E-state index is 0.00321. The zero-order valence-corrected chi connectivity index (χ0v) is 15.2. The molecule has 1 atom stereocenters. The highest BCUT2D eigenvalue weighted by Gasteiger charge is 2.10. The van der Waals surface area contributed by atoms with Crippen LogP contribution in [0.2, 0.25) is 0 Å². The lowest BCUT2D eigenvalue weighted by Crippen LogP contribution is -2.35. The molecular weight excluding hydrogens is 360 g/mol. The first-order valence-electron chi connectivity index (χ1n) is 8.15. The third-order valence-electron chi connectivity index (χ3n) is 3.30. The van der Waals surface area contributed by atoms with E-state index in [0.29, 0.717) is 30.8 Å². The number of aliphatic hydroxyl groups is 2. The molecule has 1 amide bonds. The van der Waals surface area contributed by atoms with Gasteiger partial charge in [0, 0.05) is 31.1 Å². The number of carboxylic acid groups (broad SMARTS) is 2. The van der Waals surface area contributed by atoms with Crippen molar-refractivity contribution >= 4 is 17.8 Å². The summed E-state index contributed by atoms with van der Waals surface area (Å²) < 4.78 is 0. The lowest BCUT2D eigenvalue weighted by atomic mass is 10.1. The molecule has 152 valence electrons. The predicted molar refractivity (Wildman–Crippen MR) is 95.0 cm³/mol. The van der Waals surface area contributed by atoms with E-state index < -0.39 is 18.0 Å². The van der Waals surface area contributed by atoms with E-state index in [1.165, 1.54) is 6.07 Å². The van der Waals surface area contributed by atoms with Crippen LogP contribution in [0.25, 0.3) is 0 Å². The molecule has 0 bridgehead atoms. The average molecular weight is 386 g/mol. The normalized spacial score (nSPS) is 11.3. The van der Waals surface area contributed by atoms with E-state index in [0.717, 1.165) is 0 Å². The summed E-state index contributed by atoms with van der Waals surface area (Å²) in [6.07, 6.45) is -0.739. The maximum atomic E-state index is 11.3. The molecule has 1 aromatic carbocycles. The SMILES string of the molecule is CC(C)C(=O)NCCNCC(O)c1ccc(O)c(CO)c1.O=C(O)C(=O)O. The Morgan fingerprint density at radius 3 is 2.15 bits per heavy atom. The van der Waals surface area contributed by atoms with E-state index in [4.69, 9.17) is 24.9 Å². The molecule has 0 fully saturated rings. The Bertz CT molecular complexity index is 621. The van der Waals surface area contributed by atoms with Crippen LogP contribution in [-0.2, 0) is 21.0 Å². The molecular formula is C17H26N2O8. The number of amides is 1. The highest BCUT2D eigenvalue weighted by molar-refractivity contribution is 6.27. The molecule has 0 aromatic heterocycles. The van der Waals surface area contributed by atoms with Crippen molar-refractivity contribution in [1.82, 2.24) is 10.6 Å². The van der Waals surface area contributed by atoms with Gasteiger partial charge in [0.15, 0.2) is 0 Å². The highest BCUT2D eigenvalue weighted by Crippen LogP contribution is 2.22. The summed E-state index contributed by atoms with van der Waals surface area (Å²) in [4.78, 5) is 29.5. The second-order valence-electron chi connectivity index (χ2n) is 5.82. The van der Waals surface area contributed by atoms with Gasteiger partial charge in [0.1, 0.15) is 5.75 Å². The zero-order valence-electron chi connectivity index (χ0n) is 15.2. The van der Waals surface area contributed by atoms with E-state index >= 15 is 0 Å². The Morgan fingerprint density at radius 2 is 1.67 bits per heavy atom. The molecule has 7 N–H and O–H groups in total. The van der Waals surface area contributed by atoms with E-state index in [1.54, 1.807) is 12.1 Å². The Morgan fingerprint density at radius 1 is 1.07 bits per heavy atom. The summed E-state index contributed by atoms with van der Waals surface area (Å²) >= 11 is 0. The van der Waals surface area contributed by atoms with E-state index in [2.05, 4.69) is 10.6 Å². The third-order valence-corrected chi connectivity index (χ3v) is 3.30. The molecule has 0 aliphatic rings. The number of carboxylic acids is 2. The summed E-state index contributed by atoms with van der Waals surface area (Å²) in [5.41, 5.74) is 1.01. The van der Waals surface area contributed by atoms with Crippen LogP contribution >= 0.6 is 0 Å². The second kappa shape index (κ2) is 12.6. The quantitative estimate of drug-likeness (QED) is 0.228. The van der Waals surface area contributed by atoms with Gasteiger partial charge >= 0.3 is 11.9 Å². The molecule has 0 aliphatic carbocycles. The van der Waals surface area contributed by atoms with Crippen LogP contribution in [0.5, 0.6) is 5.75 Å². The Hall–Kier alpha value is -2.69. The van der Waals surface area contributed by atoms with E-state index in [1.807, 2.05) is 13.8 Å². The number of hydrogen-bond acceptors (Lipinski definition) is 7. The molecule has 0 spiro atoms. The first-order chi connectivity index (χ1) is 12.6. The van der Waals surface area contributed by atoms with Gasteiger partial charge in [-0.2, -0.15) is 0 Å². The molecule has 27 heavy (non-hydrogen) atoms. The molecule has 1 unspecified atom stereocenters. The topological polar surface area (TPSA) is 176 Å². The van der Waals surface area contributed by atoms with Gasteiger partial charge in [0.2, 0.25) is 5.91 Å². The third kappa shape index (κ3) is 10.1. The molecule has 0 saturated heterocycles. The average Bonchev–Trinajstić information content (AvgIpc) is 2.61. The fraction of sp³-hybridized carbons (Fsp3) is 0.471. The maximum absolute atomic E-state index is 11.3. The van der Waals surface area contributed by atoms with Crippen molar-refractivity contribution in [2.75, 3.05) is 19.6 Å². The lowest BCUT2D eigenvalue weighted by molar-refractivity contribution is -0.159. The van der Waals surface area contributed by atoms with Gasteiger partial charge in [-0.25, -0.2) is 9.59 Å². The van der Waals surface area contributed by atoms with Crippen LogP contribution < -0.4 is 10.6 Å². The Kier molecular flexibility index (Phi) is 11.4. The van der Waals surface area contributed by atoms with Crippen molar-refractivity contribution in [1.29, 1.82) is 0 Å². The van der Waals surface area contributed by atoms with Gasteiger partial charge in [-0.1, -0.05) is 19.9 Å². The summed E-state index contributed by atoms with van der Waals surface area (Å²) in [7, 11) is 0. The van der Waals surface area contributed by atoms with Crippen molar-refractivity contribution in [2.45, 2.75) is 26.6 Å². The first-order valence-corrected chi connectivity index (χ1v) is 8.15. The van der Waals surface area contributed by atoms with Crippen molar-refractivity contribution in [3.8, 4) is 5.75 Å². The number of hydrogen-bond donors (Lipinski definition) is 7. The van der Waals surface area contributed by atoms with Gasteiger partial charge < -0.3 is 36.2 Å². The van der Waals surface area contributed by atoms with Crippen molar-refractivity contribution < 1.29 is 39.9 Å². The number of phenols is 1. The van der Waals surface area contributed by atoms with Crippen LogP contribution in [0, 0.1) is 5.92 Å². The number of rotatable bonds is 8. The summed E-state index contributed by atoms with van der Waals surface area (Å²) in [6, 6.07) is 4.64. The lowest BCUT2D eigenvalue weighted by Gasteiger charge is -2.14. The number of nitrogens with one attached hydrogen (secondary N) is 2. The van der Waals surface area contributed by atoms with Gasteiger partial charge in [0.05, 0.1) is 12.7 Å². The van der Waals surface area contributed by atoms with E-state index in [9.17, 15) is 15.0 Å². The number of carbonyl (C=O) groups excluding carboxylic acids is 1. The Labute approximate surface area is 156 Å². The van der Waals surface area contributed by atoms with Crippen molar-refractivity contribution in [3.63, 3.8) is 0 Å². The number of aromatic hydroxyl groups is 1. The predicted octanol–water partition coefficient (Wildman–Crippen LogP) is -0.565. The molecule has 0 saturated carbocycles. The molecule has 10 nitrogen and oxygen atoms in total. The monoisotopic (exact) mass is 386 g/mol. The van der Waals surface area contributed by atoms with Gasteiger partial charge in [-0.3, -0.25) is 4.79 Å². The standard InChI is InChI=1S/C15H24N2O4.C2H2O4/c1-10(2)15(21)17-6-5-16-8-14(20)11-3-4-13(19)12(7-11)9-18;3-1(4)2(5)6/h3-4,7,10,14,16,18-20H,5-6,8-9H2,1-2H3,(H,17,21);(H,3,4)(H,5,6). The second-order valence-corrected chi connectivity index (χ2v) is 5.82. The van der Waals surface area contributed by atoms with Gasteiger partial charge in [0.25, 0.3) is 0 Å². The van der Waals surface area contributed by atoms with Crippen LogP contribution in [-0.4, -0.2) is 63.0 Å². The molecule has 0 radical (unpaired) electrons. The van der Waals surface area contributed by atoms with Crippen molar-refractivity contribution in [2.24, 2.45) is 5.92 Å². The van der Waals surface area contributed by atoms with Crippen LogP contribution in [0.15, 0.2) is 18.2 Å². The number of aliphatic carboxylic acids is 2. The molecule has 0 heterocycles.